The second kappa shape index (κ2) is 22.4. The van der Waals surface area contributed by atoms with Gasteiger partial charge in [-0.2, -0.15) is 39.5 Å². The minimum atomic E-state index is -4.41. The average Bonchev–Trinajstić information content (AvgIpc) is 4.27. The summed E-state index contributed by atoms with van der Waals surface area (Å²) in [5.41, 5.74) is 12.7. The number of alkyl halides is 9. The molecule has 0 saturated carbocycles. The van der Waals surface area contributed by atoms with Gasteiger partial charge in [0.15, 0.2) is 0 Å². The Morgan fingerprint density at radius 1 is 0.456 bits per heavy atom. The van der Waals surface area contributed by atoms with E-state index < -0.39 is 35.6 Å². The largest absolute Gasteiger partial charge is 0.433 e. The second-order valence-electron chi connectivity index (χ2n) is 20.6. The highest BCUT2D eigenvalue weighted by Gasteiger charge is 2.34. The third-order valence-electron chi connectivity index (χ3n) is 15.0. The number of pyridine rings is 5. The Morgan fingerprint density at radius 3 is 1.39 bits per heavy atom. The van der Waals surface area contributed by atoms with Gasteiger partial charge in [0.1, 0.15) is 29.1 Å². The molecule has 0 atom stereocenters. The Bertz CT molecular complexity index is 3430. The number of aromatic nitrogens is 10. The van der Waals surface area contributed by atoms with E-state index >= 15 is 0 Å². The highest BCUT2D eigenvalue weighted by atomic mass is 19.4. The molecule has 0 aliphatic carbocycles. The fraction of sp³-hybridized carbons (Fsp3) is 0.386. The van der Waals surface area contributed by atoms with E-state index in [0.717, 1.165) is 127 Å². The monoisotopic (exact) mass is 1100 g/mol. The number of rotatable bonds is 9. The molecule has 0 N–H and O–H groups in total. The first kappa shape index (κ1) is 55.0. The molecular weight excluding hydrogens is 1040 g/mol. The van der Waals surface area contributed by atoms with Crippen molar-refractivity contribution in [1.82, 2.24) is 63.3 Å². The first-order chi connectivity index (χ1) is 37.7. The van der Waals surface area contributed by atoms with E-state index in [1.165, 1.54) is 82.3 Å². The van der Waals surface area contributed by atoms with Gasteiger partial charge >= 0.3 is 18.5 Å². The number of hydrogen-bond donors (Lipinski definition) is 0. The molecule has 79 heavy (non-hydrogen) atoms. The molecule has 0 bridgehead atoms. The molecule has 9 aromatic rings. The zero-order valence-corrected chi connectivity index (χ0v) is 44.1. The van der Waals surface area contributed by atoms with Crippen molar-refractivity contribution in [3.05, 3.63) is 171 Å². The van der Waals surface area contributed by atoms with E-state index in [-0.39, 0.29) is 0 Å². The van der Waals surface area contributed by atoms with Crippen LogP contribution in [0.5, 0.6) is 0 Å². The molecule has 414 valence electrons. The van der Waals surface area contributed by atoms with Crippen LogP contribution in [-0.4, -0.2) is 104 Å². The van der Waals surface area contributed by atoms with Crippen molar-refractivity contribution in [1.29, 1.82) is 0 Å². The summed E-state index contributed by atoms with van der Waals surface area (Å²) in [6, 6.07) is 13.8. The minimum absolute atomic E-state index is 0.598. The molecule has 0 amide bonds. The third-order valence-corrected chi connectivity index (χ3v) is 15.0. The maximum atomic E-state index is 12.7. The highest BCUT2D eigenvalue weighted by molar-refractivity contribution is 5.85. The molecule has 12 rings (SSSR count). The molecule has 13 nitrogen and oxygen atoms in total. The predicted octanol–water partition coefficient (Wildman–Crippen LogP) is 10.7. The molecule has 3 aliphatic rings. The van der Waals surface area contributed by atoms with Gasteiger partial charge in [-0.25, -0.2) is 9.97 Å². The molecule has 0 spiro atoms. The zero-order chi connectivity index (χ0) is 55.8. The van der Waals surface area contributed by atoms with Gasteiger partial charge in [0.2, 0.25) is 0 Å². The van der Waals surface area contributed by atoms with Crippen LogP contribution < -0.4 is 0 Å². The Kier molecular flexibility index (Phi) is 15.6. The van der Waals surface area contributed by atoms with E-state index in [0.29, 0.717) is 38.9 Å². The number of halogens is 9. The van der Waals surface area contributed by atoms with E-state index in [1.807, 2.05) is 31.5 Å². The molecule has 3 aliphatic heterocycles. The summed E-state index contributed by atoms with van der Waals surface area (Å²) in [6.07, 6.45) is 2.55. The molecule has 0 aromatic carbocycles. The zero-order valence-electron chi connectivity index (χ0n) is 44.1. The fourth-order valence-electron chi connectivity index (χ4n) is 11.0. The summed E-state index contributed by atoms with van der Waals surface area (Å²) >= 11 is 0. The number of likely N-dealkylation sites (N-methyl/N-ethyl adjacent to an activating group) is 3. The maximum absolute atomic E-state index is 12.7. The van der Waals surface area contributed by atoms with Gasteiger partial charge in [-0.15, -0.1) is 0 Å². The van der Waals surface area contributed by atoms with Crippen molar-refractivity contribution in [2.24, 2.45) is 0 Å². The molecule has 0 unspecified atom stereocenters. The van der Waals surface area contributed by atoms with Crippen LogP contribution in [0.25, 0.3) is 33.0 Å². The Balaban J connectivity index is 0.000000134. The number of fused-ring (bicyclic) bond motifs is 9. The van der Waals surface area contributed by atoms with Gasteiger partial charge < -0.3 is 28.4 Å². The number of nitrogens with zero attached hydrogens (tertiary/aromatic N) is 13. The van der Waals surface area contributed by atoms with Gasteiger partial charge in [0.05, 0.1) is 16.6 Å². The normalized spacial score (nSPS) is 15.4. The lowest BCUT2D eigenvalue weighted by molar-refractivity contribution is -0.142. The SMILES string of the molecule is CN1CCc2c(c3cnccc3n2CCc2ccc(C(F)(F)F)nc2)C1.CN1CCc2c(c3cncnc3n2CCc2ccc(C(F)(F)F)nc2)C1.Cc1ccc2c(n1)c1c(n2CCc2ccc(C(F)(F)F)nc2)CCN(C)C1. The Morgan fingerprint density at radius 2 is 0.899 bits per heavy atom. The highest BCUT2D eigenvalue weighted by Crippen LogP contribution is 2.35. The predicted molar refractivity (Wildman–Crippen MR) is 281 cm³/mol. The summed E-state index contributed by atoms with van der Waals surface area (Å²) < 4.78 is 121. The summed E-state index contributed by atoms with van der Waals surface area (Å²) in [4.78, 5) is 35.1. The smallest absolute Gasteiger partial charge is 0.344 e. The summed E-state index contributed by atoms with van der Waals surface area (Å²) in [5.74, 6) is 0. The Hall–Kier alpha value is -7.30. The average molecular weight is 1100 g/mol. The van der Waals surface area contributed by atoms with Crippen LogP contribution in [0.15, 0.2) is 98.1 Å². The van der Waals surface area contributed by atoms with Crippen LogP contribution in [0.1, 0.15) is 73.2 Å². The van der Waals surface area contributed by atoms with Crippen molar-refractivity contribution in [3.63, 3.8) is 0 Å². The van der Waals surface area contributed by atoms with Crippen LogP contribution in [0.2, 0.25) is 0 Å². The van der Waals surface area contributed by atoms with E-state index in [4.69, 9.17) is 4.98 Å². The van der Waals surface area contributed by atoms with Gasteiger partial charge in [0.25, 0.3) is 0 Å². The first-order valence-electron chi connectivity index (χ1n) is 26.0. The molecule has 0 fully saturated rings. The topological polar surface area (TPSA) is 115 Å². The number of hydrogen-bond acceptors (Lipinski definition) is 10. The van der Waals surface area contributed by atoms with Crippen LogP contribution in [0.3, 0.4) is 0 Å². The lowest BCUT2D eigenvalue weighted by Gasteiger charge is -2.24. The standard InChI is InChI=1S/C20H21F3N4.C19H19F3N4.C18H18F3N5/c1-13-3-5-17-19(25-13)15-12-26(2)9-8-16(15)27(17)10-7-14-4-6-18(24-11-14)20(21,22)23;1-25-8-6-17-15(12-25)14-11-23-7-4-16(14)26(17)9-5-13-2-3-18(24-10-13)19(20,21)22;1-25-6-5-15-14(10-25)13-9-22-11-24-17(13)26(15)7-4-12-2-3-16(23-8-12)18(19,20)21/h3-6,11H,7-10,12H2,1-2H3;2-4,7,10-11H,5-6,8-9,12H2,1H3;2-3,8-9,11H,4-7,10H2,1H3. The lowest BCUT2D eigenvalue weighted by atomic mass is 10.1. The lowest BCUT2D eigenvalue weighted by Crippen LogP contribution is -2.27. The van der Waals surface area contributed by atoms with Crippen molar-refractivity contribution in [2.45, 2.75) is 103 Å². The second-order valence-corrected chi connectivity index (χ2v) is 20.6. The van der Waals surface area contributed by atoms with Crippen molar-refractivity contribution < 1.29 is 39.5 Å². The van der Waals surface area contributed by atoms with Crippen LogP contribution in [-0.2, 0) is 96.3 Å². The fourth-order valence-corrected chi connectivity index (χ4v) is 11.0. The van der Waals surface area contributed by atoms with Gasteiger partial charge in [-0.05, 0) is 112 Å². The maximum Gasteiger partial charge on any atom is 0.433 e. The summed E-state index contributed by atoms with van der Waals surface area (Å²) in [6.45, 7) is 9.64. The van der Waals surface area contributed by atoms with E-state index in [1.54, 1.807) is 6.20 Å². The first-order valence-corrected chi connectivity index (χ1v) is 26.0. The molecule has 22 heteroatoms. The van der Waals surface area contributed by atoms with Crippen LogP contribution in [0.4, 0.5) is 39.5 Å². The van der Waals surface area contributed by atoms with Crippen molar-refractivity contribution >= 4 is 33.0 Å². The van der Waals surface area contributed by atoms with Crippen LogP contribution >= 0.6 is 0 Å². The summed E-state index contributed by atoms with van der Waals surface area (Å²) in [7, 11) is 6.30. The minimum Gasteiger partial charge on any atom is -0.344 e. The van der Waals surface area contributed by atoms with Crippen molar-refractivity contribution in [3.8, 4) is 0 Å². The number of aryl methyl sites for hydroxylation is 7. The molecular formula is C57H58F9N13. The van der Waals surface area contributed by atoms with E-state index in [2.05, 4.69) is 85.5 Å². The third kappa shape index (κ3) is 12.2. The molecule has 0 radical (unpaired) electrons. The quantitative estimate of drug-likeness (QED) is 0.129. The van der Waals surface area contributed by atoms with E-state index in [9.17, 15) is 39.5 Å². The molecule has 12 heterocycles. The Labute approximate surface area is 449 Å². The van der Waals surface area contributed by atoms with Crippen molar-refractivity contribution in [2.75, 3.05) is 40.8 Å². The van der Waals surface area contributed by atoms with Gasteiger partial charge in [-0.3, -0.25) is 24.9 Å². The van der Waals surface area contributed by atoms with Gasteiger partial charge in [-0.1, -0.05) is 18.2 Å². The molecule has 0 saturated heterocycles. The summed E-state index contributed by atoms with van der Waals surface area (Å²) in [5, 5.41) is 2.22. The molecule has 9 aromatic heterocycles. The van der Waals surface area contributed by atoms with Crippen LogP contribution in [0, 0.1) is 6.92 Å². The van der Waals surface area contributed by atoms with Gasteiger partial charge in [0, 0.05) is 154 Å².